The zero-order chi connectivity index (χ0) is 38.8. The first-order chi connectivity index (χ1) is 25.8. The van der Waals surface area contributed by atoms with Crippen LogP contribution in [0.25, 0.3) is 0 Å². The van der Waals surface area contributed by atoms with E-state index in [0.29, 0.717) is 6.42 Å². The zero-order valence-corrected chi connectivity index (χ0v) is 34.0. The topological polar surface area (TPSA) is 149 Å². The summed E-state index contributed by atoms with van der Waals surface area (Å²) >= 11 is 0. The molecular formula is C44H83NO8. The lowest BCUT2D eigenvalue weighted by Gasteiger charge is -2.40. The molecule has 53 heavy (non-hydrogen) atoms. The van der Waals surface area contributed by atoms with Gasteiger partial charge in [0.05, 0.1) is 25.4 Å². The number of aliphatic hydroxyl groups is 5. The number of rotatable bonds is 36. The third kappa shape index (κ3) is 26.2. The van der Waals surface area contributed by atoms with E-state index in [4.69, 9.17) is 9.47 Å². The fourth-order valence-electron chi connectivity index (χ4n) is 6.91. The van der Waals surface area contributed by atoms with Crippen LogP contribution >= 0.6 is 0 Å². The first kappa shape index (κ1) is 49.7. The van der Waals surface area contributed by atoms with Crippen molar-refractivity contribution in [2.24, 2.45) is 0 Å². The molecule has 0 aliphatic carbocycles. The van der Waals surface area contributed by atoms with E-state index < -0.39 is 49.5 Å². The molecule has 1 aliphatic heterocycles. The molecule has 6 N–H and O–H groups in total. The van der Waals surface area contributed by atoms with Crippen molar-refractivity contribution in [3.63, 3.8) is 0 Å². The average molecular weight is 754 g/mol. The number of ether oxygens (including phenoxy) is 2. The van der Waals surface area contributed by atoms with E-state index in [1.54, 1.807) is 6.08 Å². The number of carbonyl (C=O) groups is 1. The van der Waals surface area contributed by atoms with Gasteiger partial charge in [0.2, 0.25) is 5.91 Å². The van der Waals surface area contributed by atoms with E-state index in [-0.39, 0.29) is 12.5 Å². The van der Waals surface area contributed by atoms with Crippen LogP contribution in [0.1, 0.15) is 194 Å². The van der Waals surface area contributed by atoms with Crippen LogP contribution in [0.3, 0.4) is 0 Å². The minimum absolute atomic E-state index is 0.187. The van der Waals surface area contributed by atoms with Gasteiger partial charge in [-0.15, -0.1) is 0 Å². The van der Waals surface area contributed by atoms with Crippen molar-refractivity contribution >= 4 is 5.91 Å². The number of allylic oxidation sites excluding steroid dienone is 3. The molecular weight excluding hydrogens is 670 g/mol. The normalized spacial score (nSPS) is 21.8. The molecule has 9 heteroatoms. The summed E-state index contributed by atoms with van der Waals surface area (Å²) in [5.41, 5.74) is 0. The van der Waals surface area contributed by atoms with Gasteiger partial charge >= 0.3 is 0 Å². The highest BCUT2D eigenvalue weighted by atomic mass is 16.7. The van der Waals surface area contributed by atoms with Crippen LogP contribution < -0.4 is 5.32 Å². The monoisotopic (exact) mass is 754 g/mol. The summed E-state index contributed by atoms with van der Waals surface area (Å²) in [5, 5.41) is 54.1. The molecule has 0 bridgehead atoms. The van der Waals surface area contributed by atoms with Gasteiger partial charge in [0.25, 0.3) is 0 Å². The van der Waals surface area contributed by atoms with Crippen LogP contribution in [0.2, 0.25) is 0 Å². The second kappa shape index (κ2) is 35.1. The quantitative estimate of drug-likeness (QED) is 0.0275. The van der Waals surface area contributed by atoms with Crippen molar-refractivity contribution < 1.29 is 39.8 Å². The third-order valence-corrected chi connectivity index (χ3v) is 10.5. The van der Waals surface area contributed by atoms with Crippen molar-refractivity contribution in [2.75, 3.05) is 13.2 Å². The lowest BCUT2D eigenvalue weighted by Crippen LogP contribution is -2.60. The smallest absolute Gasteiger partial charge is 0.220 e. The summed E-state index contributed by atoms with van der Waals surface area (Å²) in [5.74, 6) is -0.187. The van der Waals surface area contributed by atoms with Crippen LogP contribution in [0.15, 0.2) is 24.3 Å². The van der Waals surface area contributed by atoms with Crippen LogP contribution in [0, 0.1) is 0 Å². The Bertz CT molecular complexity index is 883. The summed E-state index contributed by atoms with van der Waals surface area (Å²) in [4.78, 5) is 12.9. The molecule has 1 saturated heterocycles. The fraction of sp³-hybridized carbons (Fsp3) is 0.886. The molecule has 1 rings (SSSR count). The van der Waals surface area contributed by atoms with Crippen LogP contribution in [-0.2, 0) is 14.3 Å². The maximum absolute atomic E-state index is 12.9. The van der Waals surface area contributed by atoms with E-state index in [1.807, 2.05) is 6.08 Å². The zero-order valence-electron chi connectivity index (χ0n) is 34.0. The Labute approximate surface area is 324 Å². The molecule has 0 aromatic heterocycles. The highest BCUT2D eigenvalue weighted by Gasteiger charge is 2.44. The molecule has 1 aliphatic rings. The Morgan fingerprint density at radius 3 is 1.55 bits per heavy atom. The van der Waals surface area contributed by atoms with E-state index in [9.17, 15) is 30.3 Å². The Balaban J connectivity index is 2.39. The number of aliphatic hydroxyl groups excluding tert-OH is 5. The molecule has 0 spiro atoms. The van der Waals surface area contributed by atoms with Gasteiger partial charge in [-0.3, -0.25) is 4.79 Å². The molecule has 1 amide bonds. The fourth-order valence-corrected chi connectivity index (χ4v) is 6.91. The van der Waals surface area contributed by atoms with E-state index in [2.05, 4.69) is 31.3 Å². The first-order valence-corrected chi connectivity index (χ1v) is 22.1. The van der Waals surface area contributed by atoms with Crippen molar-refractivity contribution in [3.05, 3.63) is 24.3 Å². The summed E-state index contributed by atoms with van der Waals surface area (Å²) < 4.78 is 11.2. The van der Waals surface area contributed by atoms with Crippen LogP contribution in [0.5, 0.6) is 0 Å². The Morgan fingerprint density at radius 2 is 1.06 bits per heavy atom. The second-order valence-corrected chi connectivity index (χ2v) is 15.5. The molecule has 1 heterocycles. The van der Waals surface area contributed by atoms with Gasteiger partial charge in [-0.05, 0) is 44.9 Å². The number of amides is 1. The largest absolute Gasteiger partial charge is 0.394 e. The molecule has 7 unspecified atom stereocenters. The third-order valence-electron chi connectivity index (χ3n) is 10.5. The van der Waals surface area contributed by atoms with Gasteiger partial charge in [0.15, 0.2) is 6.29 Å². The molecule has 7 atom stereocenters. The summed E-state index contributed by atoms with van der Waals surface area (Å²) in [6, 6.07) is -0.805. The molecule has 9 nitrogen and oxygen atoms in total. The van der Waals surface area contributed by atoms with Gasteiger partial charge in [-0.25, -0.2) is 0 Å². The van der Waals surface area contributed by atoms with Gasteiger partial charge in [0.1, 0.15) is 24.4 Å². The second-order valence-electron chi connectivity index (χ2n) is 15.5. The number of hydrogen-bond acceptors (Lipinski definition) is 8. The lowest BCUT2D eigenvalue weighted by molar-refractivity contribution is -0.302. The van der Waals surface area contributed by atoms with Crippen LogP contribution in [0.4, 0.5) is 0 Å². The molecule has 1 fully saturated rings. The SMILES string of the molecule is CCCCCC/C=C\CCCCCCCC(=O)NC(COC1OC(CO)C(O)C(O)C1O)C(O)/C=C/CCCCCCCCCCCCCCCCC. The summed E-state index contributed by atoms with van der Waals surface area (Å²) in [6.45, 7) is 3.75. The Hall–Kier alpha value is -1.33. The highest BCUT2D eigenvalue weighted by Crippen LogP contribution is 2.22. The van der Waals surface area contributed by atoms with Crippen molar-refractivity contribution in [1.82, 2.24) is 5.32 Å². The maximum atomic E-state index is 12.9. The van der Waals surface area contributed by atoms with Gasteiger partial charge in [-0.2, -0.15) is 0 Å². The van der Waals surface area contributed by atoms with Gasteiger partial charge in [-0.1, -0.05) is 167 Å². The van der Waals surface area contributed by atoms with Crippen LogP contribution in [-0.4, -0.2) is 87.5 Å². The number of hydrogen-bond donors (Lipinski definition) is 6. The lowest BCUT2D eigenvalue weighted by atomic mass is 9.99. The molecule has 0 saturated carbocycles. The van der Waals surface area contributed by atoms with E-state index >= 15 is 0 Å². The minimum atomic E-state index is -1.56. The Morgan fingerprint density at radius 1 is 0.623 bits per heavy atom. The van der Waals surface area contributed by atoms with Crippen molar-refractivity contribution in [2.45, 2.75) is 236 Å². The standard InChI is InChI=1S/C44H83NO8/c1-3-5-7-9-11-13-15-17-18-19-20-22-23-25-27-29-31-33-38(47)37(36-52-44-43(51)42(50)41(49)39(35-46)53-44)45-40(48)34-32-30-28-26-24-21-16-14-12-10-8-6-4-2/h14,16,31,33,37-39,41-44,46-47,49-51H,3-13,15,17-30,32,34-36H2,1-2H3,(H,45,48)/b16-14-,33-31+. The molecule has 0 radical (unpaired) electrons. The minimum Gasteiger partial charge on any atom is -0.394 e. The maximum Gasteiger partial charge on any atom is 0.220 e. The van der Waals surface area contributed by atoms with E-state index in [1.165, 1.54) is 116 Å². The summed E-state index contributed by atoms with van der Waals surface area (Å²) in [6.07, 6.45) is 33.6. The average Bonchev–Trinajstić information content (AvgIpc) is 3.16. The number of unbranched alkanes of at least 4 members (excludes halogenated alkanes) is 24. The van der Waals surface area contributed by atoms with Crippen molar-refractivity contribution in [3.8, 4) is 0 Å². The summed E-state index contributed by atoms with van der Waals surface area (Å²) in [7, 11) is 0. The van der Waals surface area contributed by atoms with Gasteiger partial charge in [0, 0.05) is 6.42 Å². The first-order valence-electron chi connectivity index (χ1n) is 22.1. The highest BCUT2D eigenvalue weighted by molar-refractivity contribution is 5.76. The molecule has 0 aromatic carbocycles. The molecule has 312 valence electrons. The van der Waals surface area contributed by atoms with Gasteiger partial charge < -0.3 is 40.3 Å². The Kier molecular flexibility index (Phi) is 32.9. The number of nitrogens with one attached hydrogen (secondary N) is 1. The van der Waals surface area contributed by atoms with E-state index in [0.717, 1.165) is 57.8 Å². The predicted molar refractivity (Wildman–Crippen MR) is 217 cm³/mol. The number of carbonyl (C=O) groups excluding carboxylic acids is 1. The molecule has 0 aromatic rings. The predicted octanol–water partition coefficient (Wildman–Crippen LogP) is 8.72. The van der Waals surface area contributed by atoms with Crippen molar-refractivity contribution in [1.29, 1.82) is 0 Å².